The minimum Gasteiger partial charge on any atom is -0.384 e. The summed E-state index contributed by atoms with van der Waals surface area (Å²) in [6, 6.07) is 3.37. The Bertz CT molecular complexity index is 507. The minimum absolute atomic E-state index is 0.137. The minimum atomic E-state index is -0.359. The van der Waals surface area contributed by atoms with Crippen molar-refractivity contribution in [3.8, 4) is 0 Å². The number of hydrogen-bond acceptors (Lipinski definition) is 4. The molecule has 5 nitrogen and oxygen atoms in total. The number of anilines is 1. The molecule has 2 rings (SSSR count). The first-order valence-electron chi connectivity index (χ1n) is 6.83. The van der Waals surface area contributed by atoms with Crippen LogP contribution in [0.1, 0.15) is 25.3 Å². The van der Waals surface area contributed by atoms with Crippen LogP contribution in [-0.4, -0.2) is 24.2 Å². The van der Waals surface area contributed by atoms with Crippen molar-refractivity contribution in [1.82, 2.24) is 0 Å². The van der Waals surface area contributed by atoms with Crippen molar-refractivity contribution in [1.29, 1.82) is 0 Å². The van der Waals surface area contributed by atoms with E-state index in [1.807, 2.05) is 6.07 Å². The number of nitro groups is 1. The summed E-state index contributed by atoms with van der Waals surface area (Å²) in [5, 5.41) is 14.3. The molecule has 2 unspecified atom stereocenters. The highest BCUT2D eigenvalue weighted by molar-refractivity contribution is 9.10. The molecule has 6 heteroatoms. The summed E-state index contributed by atoms with van der Waals surface area (Å²) in [5.41, 5.74) is 1.70. The SMILES string of the molecule is CCC1OCCC1CNc1cc(C)c([N+](=O)[O-])cc1Br. The highest BCUT2D eigenvalue weighted by atomic mass is 79.9. The molecule has 110 valence electrons. The molecule has 0 spiro atoms. The van der Waals surface area contributed by atoms with Crippen LogP contribution in [0.5, 0.6) is 0 Å². The maximum Gasteiger partial charge on any atom is 0.273 e. The highest BCUT2D eigenvalue weighted by Gasteiger charge is 2.26. The molecule has 1 aliphatic rings. The van der Waals surface area contributed by atoms with Crippen LogP contribution in [0.15, 0.2) is 16.6 Å². The van der Waals surface area contributed by atoms with E-state index in [0.29, 0.717) is 17.6 Å². The van der Waals surface area contributed by atoms with Crippen LogP contribution in [0, 0.1) is 23.0 Å². The maximum atomic E-state index is 10.9. The first kappa shape index (κ1) is 15.3. The number of hydrogen-bond donors (Lipinski definition) is 1. The summed E-state index contributed by atoms with van der Waals surface area (Å²) in [6.45, 7) is 5.54. The van der Waals surface area contributed by atoms with E-state index in [9.17, 15) is 10.1 Å². The fourth-order valence-corrected chi connectivity index (χ4v) is 3.09. The topological polar surface area (TPSA) is 64.4 Å². The number of nitro benzene ring substituents is 1. The van der Waals surface area contributed by atoms with Crippen LogP contribution in [0.3, 0.4) is 0 Å². The van der Waals surface area contributed by atoms with Gasteiger partial charge in [0.05, 0.1) is 11.0 Å². The third-order valence-corrected chi connectivity index (χ3v) is 4.44. The second-order valence-corrected chi connectivity index (χ2v) is 5.98. The van der Waals surface area contributed by atoms with E-state index in [4.69, 9.17) is 4.74 Å². The average molecular weight is 343 g/mol. The molecule has 1 N–H and O–H groups in total. The lowest BCUT2D eigenvalue weighted by molar-refractivity contribution is -0.385. The van der Waals surface area contributed by atoms with Crippen molar-refractivity contribution in [3.63, 3.8) is 0 Å². The molecule has 20 heavy (non-hydrogen) atoms. The Kier molecular flexibility index (Phi) is 4.99. The quantitative estimate of drug-likeness (QED) is 0.651. The molecular weight excluding hydrogens is 324 g/mol. The van der Waals surface area contributed by atoms with Gasteiger partial charge in [0, 0.05) is 40.9 Å². The lowest BCUT2D eigenvalue weighted by Crippen LogP contribution is -2.22. The summed E-state index contributed by atoms with van der Waals surface area (Å²) in [7, 11) is 0. The van der Waals surface area contributed by atoms with E-state index in [-0.39, 0.29) is 10.6 Å². The van der Waals surface area contributed by atoms with Gasteiger partial charge in [0.25, 0.3) is 5.69 Å². The van der Waals surface area contributed by atoms with Crippen LogP contribution in [0.2, 0.25) is 0 Å². The summed E-state index contributed by atoms with van der Waals surface area (Å²) >= 11 is 3.39. The molecule has 1 aromatic rings. The van der Waals surface area contributed by atoms with Crippen molar-refractivity contribution in [2.75, 3.05) is 18.5 Å². The maximum absolute atomic E-state index is 10.9. The zero-order chi connectivity index (χ0) is 14.7. The lowest BCUT2D eigenvalue weighted by atomic mass is 9.99. The van der Waals surface area contributed by atoms with E-state index in [1.54, 1.807) is 13.0 Å². The smallest absolute Gasteiger partial charge is 0.273 e. The van der Waals surface area contributed by atoms with Gasteiger partial charge in [0.15, 0.2) is 0 Å². The molecule has 1 fully saturated rings. The molecule has 0 amide bonds. The third-order valence-electron chi connectivity index (χ3n) is 3.79. The van der Waals surface area contributed by atoms with Gasteiger partial charge >= 0.3 is 0 Å². The number of ether oxygens (including phenoxy) is 1. The molecule has 1 heterocycles. The molecule has 0 bridgehead atoms. The van der Waals surface area contributed by atoms with Crippen molar-refractivity contribution in [3.05, 3.63) is 32.3 Å². The van der Waals surface area contributed by atoms with Gasteiger partial charge in [0.1, 0.15) is 0 Å². The zero-order valence-corrected chi connectivity index (χ0v) is 13.3. The average Bonchev–Trinajstić information content (AvgIpc) is 2.86. The Morgan fingerprint density at radius 2 is 2.30 bits per heavy atom. The van der Waals surface area contributed by atoms with Crippen molar-refractivity contribution >= 4 is 27.3 Å². The Morgan fingerprint density at radius 3 is 2.95 bits per heavy atom. The van der Waals surface area contributed by atoms with E-state index < -0.39 is 0 Å². The number of rotatable bonds is 5. The lowest BCUT2D eigenvalue weighted by Gasteiger charge is -2.18. The van der Waals surface area contributed by atoms with E-state index in [2.05, 4.69) is 28.2 Å². The molecule has 0 aliphatic carbocycles. The third kappa shape index (κ3) is 3.30. The van der Waals surface area contributed by atoms with Gasteiger partial charge < -0.3 is 10.1 Å². The van der Waals surface area contributed by atoms with Crippen LogP contribution in [0.25, 0.3) is 0 Å². The predicted molar refractivity (Wildman–Crippen MR) is 82.2 cm³/mol. The van der Waals surface area contributed by atoms with Gasteiger partial charge in [-0.25, -0.2) is 0 Å². The van der Waals surface area contributed by atoms with Crippen LogP contribution < -0.4 is 5.32 Å². The zero-order valence-electron chi connectivity index (χ0n) is 11.7. The number of nitrogens with zero attached hydrogens (tertiary/aromatic N) is 1. The number of benzene rings is 1. The van der Waals surface area contributed by atoms with Gasteiger partial charge in [-0.2, -0.15) is 0 Å². The number of nitrogens with one attached hydrogen (secondary N) is 1. The first-order chi connectivity index (χ1) is 9.52. The largest absolute Gasteiger partial charge is 0.384 e. The van der Waals surface area contributed by atoms with Gasteiger partial charge in [-0.1, -0.05) is 6.92 Å². The van der Waals surface area contributed by atoms with E-state index >= 15 is 0 Å². The summed E-state index contributed by atoms with van der Waals surface area (Å²) < 4.78 is 6.39. The molecule has 0 aromatic heterocycles. The Morgan fingerprint density at radius 1 is 1.55 bits per heavy atom. The Labute approximate surface area is 127 Å². The summed E-state index contributed by atoms with van der Waals surface area (Å²) in [6.07, 6.45) is 2.41. The Balaban J connectivity index is 2.06. The molecule has 0 saturated carbocycles. The van der Waals surface area contributed by atoms with E-state index in [1.165, 1.54) is 0 Å². The molecule has 0 radical (unpaired) electrons. The number of aryl methyl sites for hydroxylation is 1. The summed E-state index contributed by atoms with van der Waals surface area (Å²) in [4.78, 5) is 10.5. The predicted octanol–water partition coefficient (Wildman–Crippen LogP) is 3.89. The normalized spacial score (nSPS) is 21.9. The van der Waals surface area contributed by atoms with Crippen molar-refractivity contribution in [2.24, 2.45) is 5.92 Å². The van der Waals surface area contributed by atoms with Gasteiger partial charge in [-0.3, -0.25) is 10.1 Å². The fourth-order valence-electron chi connectivity index (χ4n) is 2.62. The second kappa shape index (κ2) is 6.54. The fraction of sp³-hybridized carbons (Fsp3) is 0.571. The second-order valence-electron chi connectivity index (χ2n) is 5.12. The summed E-state index contributed by atoms with van der Waals surface area (Å²) in [5.74, 6) is 0.502. The molecule has 1 aromatic carbocycles. The Hall–Kier alpha value is -1.14. The van der Waals surface area contributed by atoms with Crippen LogP contribution >= 0.6 is 15.9 Å². The van der Waals surface area contributed by atoms with Gasteiger partial charge in [-0.05, 0) is 41.8 Å². The van der Waals surface area contributed by atoms with Gasteiger partial charge in [0.2, 0.25) is 0 Å². The van der Waals surface area contributed by atoms with Crippen molar-refractivity contribution < 1.29 is 9.66 Å². The highest BCUT2D eigenvalue weighted by Crippen LogP contribution is 2.31. The van der Waals surface area contributed by atoms with Gasteiger partial charge in [-0.15, -0.1) is 0 Å². The molecular formula is C14H19BrN2O3. The standard InChI is InChI=1S/C14H19BrN2O3/c1-3-14-10(4-5-20-14)8-16-12-6-9(2)13(17(18)19)7-11(12)15/h6-7,10,14,16H,3-5,8H2,1-2H3. The molecule has 1 saturated heterocycles. The van der Waals surface area contributed by atoms with Crippen LogP contribution in [0.4, 0.5) is 11.4 Å². The van der Waals surface area contributed by atoms with E-state index in [0.717, 1.165) is 36.2 Å². The van der Waals surface area contributed by atoms with Crippen LogP contribution in [-0.2, 0) is 4.74 Å². The van der Waals surface area contributed by atoms with Crippen molar-refractivity contribution in [2.45, 2.75) is 32.8 Å². The molecule has 2 atom stereocenters. The molecule has 1 aliphatic heterocycles. The first-order valence-corrected chi connectivity index (χ1v) is 7.62. The number of halogens is 1. The monoisotopic (exact) mass is 342 g/mol.